The van der Waals surface area contributed by atoms with Gasteiger partial charge in [-0.05, 0) is 34.4 Å². The Balaban J connectivity index is 1.52. The minimum atomic E-state index is -0.105. The second-order valence-corrected chi connectivity index (χ2v) is 8.81. The predicted octanol–water partition coefficient (Wildman–Crippen LogP) is 6.84. The molecule has 1 aliphatic heterocycles. The molecule has 156 valence electrons. The highest BCUT2D eigenvalue weighted by Gasteiger charge is 2.39. The van der Waals surface area contributed by atoms with Crippen molar-refractivity contribution < 1.29 is 9.47 Å². The number of ether oxygens (including phenoxy) is 2. The zero-order valence-corrected chi connectivity index (χ0v) is 17.9. The van der Waals surface area contributed by atoms with Crippen LogP contribution < -0.4 is 15.2 Å². The van der Waals surface area contributed by atoms with Gasteiger partial charge in [-0.1, -0.05) is 80.6 Å². The summed E-state index contributed by atoms with van der Waals surface area (Å²) in [7, 11) is 0. The fraction of sp³-hybridized carbons (Fsp3) is 0.107. The molecule has 0 spiro atoms. The molecule has 4 nitrogen and oxygen atoms in total. The van der Waals surface area contributed by atoms with Gasteiger partial charge in [0, 0.05) is 22.1 Å². The van der Waals surface area contributed by atoms with E-state index in [0.29, 0.717) is 17.1 Å². The van der Waals surface area contributed by atoms with Gasteiger partial charge in [-0.2, -0.15) is 0 Å². The smallest absolute Gasteiger partial charge is 0.178 e. The predicted molar refractivity (Wildman–Crippen MR) is 127 cm³/mol. The third-order valence-corrected chi connectivity index (χ3v) is 6.57. The molecule has 0 atom stereocenters. The molecule has 0 aromatic heterocycles. The highest BCUT2D eigenvalue weighted by molar-refractivity contribution is 5.95. The normalized spacial score (nSPS) is 14.3. The van der Waals surface area contributed by atoms with Crippen molar-refractivity contribution in [1.29, 1.82) is 5.41 Å². The van der Waals surface area contributed by atoms with E-state index in [4.69, 9.17) is 20.6 Å². The molecule has 0 saturated carbocycles. The van der Waals surface area contributed by atoms with E-state index in [-0.39, 0.29) is 11.3 Å². The number of hydrogen-bond acceptors (Lipinski definition) is 3. The SMILES string of the molecule is CC1(C)c2ccccc2-c2c1ccc1c2Oc2c(cccc2-c2ccc(C(=N)N)cc2)O1. The summed E-state index contributed by atoms with van der Waals surface area (Å²) >= 11 is 0. The van der Waals surface area contributed by atoms with Crippen molar-refractivity contribution in [3.05, 3.63) is 95.6 Å². The fourth-order valence-corrected chi connectivity index (χ4v) is 4.90. The Labute approximate surface area is 186 Å². The molecule has 0 radical (unpaired) electrons. The van der Waals surface area contributed by atoms with E-state index in [0.717, 1.165) is 28.2 Å². The zero-order chi connectivity index (χ0) is 22.0. The number of rotatable bonds is 2. The van der Waals surface area contributed by atoms with E-state index in [1.165, 1.54) is 16.7 Å². The van der Waals surface area contributed by atoms with Crippen molar-refractivity contribution in [3.63, 3.8) is 0 Å². The van der Waals surface area contributed by atoms with Crippen molar-refractivity contribution in [2.45, 2.75) is 19.3 Å². The minimum absolute atomic E-state index is 0.0528. The Hall–Kier alpha value is -4.05. The maximum atomic E-state index is 7.64. The first-order chi connectivity index (χ1) is 15.4. The van der Waals surface area contributed by atoms with Crippen LogP contribution in [-0.2, 0) is 5.41 Å². The van der Waals surface area contributed by atoms with E-state index in [1.807, 2.05) is 48.5 Å². The van der Waals surface area contributed by atoms with Crippen LogP contribution in [0.5, 0.6) is 23.0 Å². The van der Waals surface area contributed by atoms with E-state index in [2.05, 4.69) is 44.2 Å². The van der Waals surface area contributed by atoms with Crippen LogP contribution in [0.15, 0.2) is 78.9 Å². The third kappa shape index (κ3) is 2.53. The summed E-state index contributed by atoms with van der Waals surface area (Å²) in [6, 6.07) is 26.2. The van der Waals surface area contributed by atoms with Gasteiger partial charge in [0.25, 0.3) is 0 Å². The summed E-state index contributed by atoms with van der Waals surface area (Å²) < 4.78 is 13.0. The van der Waals surface area contributed by atoms with Crippen LogP contribution in [0.4, 0.5) is 0 Å². The van der Waals surface area contributed by atoms with Gasteiger partial charge < -0.3 is 15.2 Å². The van der Waals surface area contributed by atoms with Crippen molar-refractivity contribution >= 4 is 5.84 Å². The van der Waals surface area contributed by atoms with E-state index >= 15 is 0 Å². The van der Waals surface area contributed by atoms with Crippen LogP contribution >= 0.6 is 0 Å². The van der Waals surface area contributed by atoms with Gasteiger partial charge in [-0.15, -0.1) is 0 Å². The number of nitrogen functional groups attached to an aromatic ring is 1. The van der Waals surface area contributed by atoms with E-state index < -0.39 is 0 Å². The van der Waals surface area contributed by atoms with Gasteiger partial charge >= 0.3 is 0 Å². The largest absolute Gasteiger partial charge is 0.449 e. The molecule has 4 heteroatoms. The Morgan fingerprint density at radius 1 is 0.719 bits per heavy atom. The van der Waals surface area contributed by atoms with Gasteiger partial charge in [0.2, 0.25) is 0 Å². The first-order valence-corrected chi connectivity index (χ1v) is 10.7. The number of nitrogens with one attached hydrogen (secondary N) is 1. The molecule has 1 heterocycles. The van der Waals surface area contributed by atoms with Gasteiger partial charge in [-0.25, -0.2) is 0 Å². The Bertz CT molecular complexity index is 1420. The highest BCUT2D eigenvalue weighted by atomic mass is 16.6. The van der Waals surface area contributed by atoms with E-state index in [1.54, 1.807) is 0 Å². The molecule has 3 N–H and O–H groups in total. The molecule has 0 fully saturated rings. The maximum absolute atomic E-state index is 7.64. The van der Waals surface area contributed by atoms with Crippen LogP contribution in [0.2, 0.25) is 0 Å². The topological polar surface area (TPSA) is 68.3 Å². The summed E-state index contributed by atoms with van der Waals surface area (Å²) in [5, 5.41) is 7.64. The Morgan fingerprint density at radius 2 is 1.44 bits per heavy atom. The third-order valence-electron chi connectivity index (χ3n) is 6.57. The molecule has 1 aliphatic carbocycles. The lowest BCUT2D eigenvalue weighted by Crippen LogP contribution is -2.15. The second-order valence-electron chi connectivity index (χ2n) is 8.81. The van der Waals surface area contributed by atoms with Crippen molar-refractivity contribution in [2.75, 3.05) is 0 Å². The average Bonchev–Trinajstić information content (AvgIpc) is 3.05. The molecular formula is C28H22N2O2. The molecule has 32 heavy (non-hydrogen) atoms. The number of benzene rings is 4. The molecule has 4 aromatic carbocycles. The van der Waals surface area contributed by atoms with Crippen molar-refractivity contribution in [1.82, 2.24) is 0 Å². The number of para-hydroxylation sites is 1. The Morgan fingerprint density at radius 3 is 2.22 bits per heavy atom. The minimum Gasteiger partial charge on any atom is -0.449 e. The lowest BCUT2D eigenvalue weighted by molar-refractivity contribution is 0.361. The lowest BCUT2D eigenvalue weighted by Gasteiger charge is -2.26. The van der Waals surface area contributed by atoms with E-state index in [9.17, 15) is 0 Å². The molecule has 2 aliphatic rings. The summed E-state index contributed by atoms with van der Waals surface area (Å²) in [6.07, 6.45) is 0. The fourth-order valence-electron chi connectivity index (χ4n) is 4.90. The average molecular weight is 418 g/mol. The van der Waals surface area contributed by atoms with Crippen LogP contribution in [0.3, 0.4) is 0 Å². The summed E-state index contributed by atoms with van der Waals surface area (Å²) in [5.41, 5.74) is 13.0. The number of nitrogens with two attached hydrogens (primary N) is 1. The Kier molecular flexibility index (Phi) is 3.78. The standard InChI is InChI=1S/C28H22N2O2/c1-28(2)20-8-4-3-6-19(20)24-21(28)14-15-23-26(24)32-25-18(7-5-9-22(25)31-23)16-10-12-17(13-11-16)27(29)30/h3-15H,1-2H3,(H3,29,30). The van der Waals surface area contributed by atoms with Crippen LogP contribution in [0, 0.1) is 5.41 Å². The van der Waals surface area contributed by atoms with Crippen LogP contribution in [0.25, 0.3) is 22.3 Å². The highest BCUT2D eigenvalue weighted by Crippen LogP contribution is 2.59. The van der Waals surface area contributed by atoms with Crippen molar-refractivity contribution in [2.24, 2.45) is 5.73 Å². The summed E-state index contributed by atoms with van der Waals surface area (Å²) in [5.74, 6) is 2.94. The quantitative estimate of drug-likeness (QED) is 0.243. The summed E-state index contributed by atoms with van der Waals surface area (Å²) in [6.45, 7) is 4.51. The molecule has 0 unspecified atom stereocenters. The van der Waals surface area contributed by atoms with Gasteiger partial charge in [-0.3, -0.25) is 5.41 Å². The molecule has 6 rings (SSSR count). The second kappa shape index (κ2) is 6.47. The number of amidine groups is 1. The summed E-state index contributed by atoms with van der Waals surface area (Å²) in [4.78, 5) is 0. The number of hydrogen-bond donors (Lipinski definition) is 2. The van der Waals surface area contributed by atoms with Crippen molar-refractivity contribution in [3.8, 4) is 45.3 Å². The lowest BCUT2D eigenvalue weighted by atomic mass is 9.82. The van der Waals surface area contributed by atoms with Gasteiger partial charge in [0.1, 0.15) is 5.84 Å². The maximum Gasteiger partial charge on any atom is 0.178 e. The molecule has 0 amide bonds. The monoisotopic (exact) mass is 418 g/mol. The molecule has 0 saturated heterocycles. The van der Waals surface area contributed by atoms with Crippen LogP contribution in [0.1, 0.15) is 30.5 Å². The van der Waals surface area contributed by atoms with Gasteiger partial charge in [0.15, 0.2) is 23.0 Å². The molecular weight excluding hydrogens is 396 g/mol. The zero-order valence-electron chi connectivity index (χ0n) is 17.9. The number of fused-ring (bicyclic) bond motifs is 6. The van der Waals surface area contributed by atoms with Gasteiger partial charge in [0.05, 0.1) is 0 Å². The first-order valence-electron chi connectivity index (χ1n) is 10.7. The molecule has 0 bridgehead atoms. The molecule has 4 aromatic rings. The van der Waals surface area contributed by atoms with Crippen LogP contribution in [-0.4, -0.2) is 5.84 Å². The first kappa shape index (κ1) is 18.7.